The van der Waals surface area contributed by atoms with E-state index in [0.29, 0.717) is 19.4 Å². The van der Waals surface area contributed by atoms with Crippen molar-refractivity contribution in [2.24, 2.45) is 16.6 Å². The van der Waals surface area contributed by atoms with Crippen LogP contribution >= 0.6 is 7.60 Å². The molecule has 3 heterocycles. The number of aromatic amines is 1. The second-order valence-corrected chi connectivity index (χ2v) is 22.4. The number of H-pyrrole nitrogens is 1. The number of aromatic nitrogens is 1. The molecule has 6 N–H and O–H groups in total. The summed E-state index contributed by atoms with van der Waals surface area (Å²) in [7, 11) is -3.88. The Morgan fingerprint density at radius 2 is 1.38 bits per heavy atom. The molecule has 6 rings (SSSR count). The molecule has 2 aliphatic heterocycles. The highest BCUT2D eigenvalue weighted by atomic mass is 31.2. The smallest absolute Gasteiger partial charge is 0.410 e. The highest BCUT2D eigenvalue weighted by Gasteiger charge is 2.56. The molecule has 0 saturated carbocycles. The number of amides is 5. The van der Waals surface area contributed by atoms with Gasteiger partial charge in [-0.15, -0.1) is 0 Å². The van der Waals surface area contributed by atoms with Gasteiger partial charge in [0.05, 0.1) is 16.9 Å². The van der Waals surface area contributed by atoms with Crippen LogP contribution in [0.4, 0.5) is 8.78 Å². The predicted octanol–water partition coefficient (Wildman–Crippen LogP) is 5.99. The van der Waals surface area contributed by atoms with Crippen molar-refractivity contribution in [2.45, 2.75) is 110 Å². The molecule has 0 aliphatic carbocycles. The summed E-state index contributed by atoms with van der Waals surface area (Å²) in [6.45, 7) is 7.19. The topological polar surface area (TPSA) is 258 Å². The SMILES string of the molecule is CN1CC[C@H]2CC[C@@H](C(=O)N[C@@H](CCC(N)=O)C(=O)NC(c3ccccc3)c3ccccc3)N2C(=O)[C@@H](NC(=O)c2cc3cc(C(F)(F)P(=O)(OCOC(=O)C(C)(C)C)OCOC(=O)C(C)(C)C)ccc3[nH]2)C1. The summed E-state index contributed by atoms with van der Waals surface area (Å²) in [5.74, 6) is -4.93. The zero-order valence-electron chi connectivity index (χ0n) is 41.9. The molecule has 2 fully saturated rings. The standard InChI is InChI=1S/C51H64F2N7O12P/c1-49(2,3)47(66)69-29-71-73(68,72-30-70-48(67)50(4,5)6)51(52,53)34-18-20-36-33(26-34)27-38(55-36)44(63)57-39-28-59(7)25-24-35-19-22-40(60(35)46(39)65)45(64)56-37(21-23-41(54)61)43(62)58-42(31-14-10-8-11-15-31)32-16-12-9-13-17-32/h8-18,20,26-27,35,37,39-40,42,55H,19,21-25,28-30H2,1-7H3,(H2,54,61)(H,56,64)(H,57,63)(H,58,62)/t35-,37+,39+,40+/m1/s1. The molecule has 2 saturated heterocycles. The summed E-state index contributed by atoms with van der Waals surface area (Å²) >= 11 is 0. The lowest BCUT2D eigenvalue weighted by molar-refractivity contribution is -0.163. The van der Waals surface area contributed by atoms with Crippen molar-refractivity contribution in [3.05, 3.63) is 107 Å². The number of carbonyl (C=O) groups is 7. The Labute approximate surface area is 422 Å². The number of likely N-dealkylation sites (N-methyl/N-ethyl adjacent to an activating group) is 1. The third-order valence-corrected chi connectivity index (χ3v) is 14.3. The van der Waals surface area contributed by atoms with Crippen molar-refractivity contribution in [3.63, 3.8) is 0 Å². The lowest BCUT2D eigenvalue weighted by Crippen LogP contribution is -2.61. The van der Waals surface area contributed by atoms with E-state index in [1.54, 1.807) is 7.05 Å². The first-order chi connectivity index (χ1) is 34.3. The van der Waals surface area contributed by atoms with E-state index in [0.717, 1.165) is 23.3 Å². The summed E-state index contributed by atoms with van der Waals surface area (Å²) in [5, 5.41) is 8.63. The maximum absolute atomic E-state index is 16.4. The Morgan fingerprint density at radius 1 is 0.808 bits per heavy atom. The molecule has 0 spiro atoms. The van der Waals surface area contributed by atoms with E-state index in [1.165, 1.54) is 58.6 Å². The number of carbonyl (C=O) groups excluding carboxylic acids is 7. The van der Waals surface area contributed by atoms with Gasteiger partial charge < -0.3 is 45.9 Å². The number of nitrogens with one attached hydrogen (secondary N) is 4. The summed E-state index contributed by atoms with van der Waals surface area (Å²) in [6.07, 6.45) is 0.865. The van der Waals surface area contributed by atoms with Gasteiger partial charge in [0.2, 0.25) is 37.2 Å². The number of rotatable bonds is 19. The van der Waals surface area contributed by atoms with Gasteiger partial charge >= 0.3 is 25.2 Å². The number of nitrogens with zero attached hydrogens (tertiary/aromatic N) is 2. The minimum atomic E-state index is -5.66. The Hall–Kier alpha value is -6.54. The Bertz CT molecular complexity index is 2640. The lowest BCUT2D eigenvalue weighted by Gasteiger charge is -2.38. The molecule has 22 heteroatoms. The first-order valence-electron chi connectivity index (χ1n) is 23.8. The monoisotopic (exact) mass is 1040 g/mol. The van der Waals surface area contributed by atoms with Crippen LogP contribution in [0.15, 0.2) is 84.9 Å². The van der Waals surface area contributed by atoms with Crippen LogP contribution in [0, 0.1) is 10.8 Å². The molecule has 4 aromatic rings. The van der Waals surface area contributed by atoms with Crippen molar-refractivity contribution >= 4 is 60.0 Å². The predicted molar refractivity (Wildman–Crippen MR) is 263 cm³/mol. The lowest BCUT2D eigenvalue weighted by atomic mass is 9.98. The number of esters is 2. The fourth-order valence-electron chi connectivity index (χ4n) is 8.38. The first-order valence-corrected chi connectivity index (χ1v) is 25.4. The van der Waals surface area contributed by atoms with E-state index in [1.807, 2.05) is 65.6 Å². The number of hydrogen-bond acceptors (Lipinski definition) is 13. The number of nitrogens with two attached hydrogens (primary N) is 1. The fourth-order valence-corrected chi connectivity index (χ4v) is 9.62. The molecule has 19 nitrogen and oxygen atoms in total. The molecule has 3 aromatic carbocycles. The van der Waals surface area contributed by atoms with Crippen LogP contribution in [0.1, 0.15) is 107 Å². The molecule has 0 radical (unpaired) electrons. The van der Waals surface area contributed by atoms with Crippen LogP contribution in [0.25, 0.3) is 10.9 Å². The van der Waals surface area contributed by atoms with E-state index in [-0.39, 0.29) is 42.4 Å². The zero-order valence-corrected chi connectivity index (χ0v) is 42.8. The van der Waals surface area contributed by atoms with Gasteiger partial charge in [-0.1, -0.05) is 66.7 Å². The Morgan fingerprint density at radius 3 is 1.93 bits per heavy atom. The van der Waals surface area contributed by atoms with Crippen molar-refractivity contribution in [1.29, 1.82) is 0 Å². The average molecular weight is 1040 g/mol. The maximum Gasteiger partial charge on any atom is 0.410 e. The van der Waals surface area contributed by atoms with Crippen LogP contribution in [-0.4, -0.2) is 114 Å². The zero-order chi connectivity index (χ0) is 53.5. The van der Waals surface area contributed by atoms with E-state index in [9.17, 15) is 38.1 Å². The van der Waals surface area contributed by atoms with Gasteiger partial charge in [-0.3, -0.25) is 47.2 Å². The van der Waals surface area contributed by atoms with E-state index in [2.05, 4.69) is 20.9 Å². The second-order valence-electron chi connectivity index (χ2n) is 20.3. The summed E-state index contributed by atoms with van der Waals surface area (Å²) in [4.78, 5) is 99.9. The maximum atomic E-state index is 16.4. The van der Waals surface area contributed by atoms with Crippen LogP contribution in [0.5, 0.6) is 0 Å². The molecule has 5 amide bonds. The van der Waals surface area contributed by atoms with Crippen molar-refractivity contribution < 1.29 is 65.4 Å². The van der Waals surface area contributed by atoms with E-state index >= 15 is 8.78 Å². The van der Waals surface area contributed by atoms with Crippen LogP contribution in [0.3, 0.4) is 0 Å². The summed E-state index contributed by atoms with van der Waals surface area (Å²) < 4.78 is 66.7. The number of ether oxygens (including phenoxy) is 2. The number of primary amides is 1. The molecular weight excluding hydrogens is 972 g/mol. The molecule has 4 atom stereocenters. The van der Waals surface area contributed by atoms with Crippen LogP contribution in [-0.2, 0) is 57.5 Å². The normalized spacial score (nSPS) is 18.3. The van der Waals surface area contributed by atoms with Gasteiger partial charge in [-0.2, -0.15) is 8.78 Å². The average Bonchev–Trinajstić information content (AvgIpc) is 3.97. The van der Waals surface area contributed by atoms with Gasteiger partial charge in [0.1, 0.15) is 23.8 Å². The highest BCUT2D eigenvalue weighted by Crippen LogP contribution is 2.67. The second kappa shape index (κ2) is 23.1. The van der Waals surface area contributed by atoms with Gasteiger partial charge in [0, 0.05) is 35.5 Å². The summed E-state index contributed by atoms with van der Waals surface area (Å²) in [5.41, 5.74) is -0.331. The number of alkyl halides is 2. The van der Waals surface area contributed by atoms with Crippen molar-refractivity contribution in [2.75, 3.05) is 33.7 Å². The number of benzene rings is 3. The van der Waals surface area contributed by atoms with Crippen molar-refractivity contribution in [1.82, 2.24) is 30.7 Å². The molecule has 394 valence electrons. The summed E-state index contributed by atoms with van der Waals surface area (Å²) in [6, 6.07) is 18.3. The van der Waals surface area contributed by atoms with Gasteiger partial charge in [-0.25, -0.2) is 0 Å². The molecule has 2 aliphatic rings. The first kappa shape index (κ1) is 55.8. The third kappa shape index (κ3) is 13.8. The van der Waals surface area contributed by atoms with Gasteiger partial charge in [0.15, 0.2) is 0 Å². The number of fused-ring (bicyclic) bond motifs is 2. The number of halogens is 2. The Balaban J connectivity index is 1.20. The van der Waals surface area contributed by atoms with E-state index < -0.39 is 115 Å². The third-order valence-electron chi connectivity index (χ3n) is 12.5. The minimum absolute atomic E-state index is 0.0359. The largest absolute Gasteiger partial charge is 0.438 e. The van der Waals surface area contributed by atoms with Crippen LogP contribution in [0.2, 0.25) is 0 Å². The van der Waals surface area contributed by atoms with Crippen LogP contribution < -0.4 is 21.7 Å². The molecule has 1 aromatic heterocycles. The van der Waals surface area contributed by atoms with E-state index in [4.69, 9.17) is 24.3 Å². The highest BCUT2D eigenvalue weighted by molar-refractivity contribution is 7.54. The van der Waals surface area contributed by atoms with Gasteiger partial charge in [0.25, 0.3) is 5.91 Å². The molecule has 0 bridgehead atoms. The quantitative estimate of drug-likeness (QED) is 0.0412. The Kier molecular flexibility index (Phi) is 17.7. The number of hydrogen-bond donors (Lipinski definition) is 5. The fraction of sp³-hybridized carbons (Fsp3) is 0.471. The van der Waals surface area contributed by atoms with Gasteiger partial charge in [-0.05, 0) is 110 Å². The molecular formula is C51H64F2N7O12P. The molecule has 0 unspecified atom stereocenters. The van der Waals surface area contributed by atoms with Crippen molar-refractivity contribution in [3.8, 4) is 0 Å². The minimum Gasteiger partial charge on any atom is -0.438 e. The molecule has 73 heavy (non-hydrogen) atoms.